The molecule has 0 atom stereocenters. The van der Waals surface area contributed by atoms with Crippen LogP contribution in [0.3, 0.4) is 0 Å². The molecule has 0 aromatic heterocycles. The van der Waals surface area contributed by atoms with Gasteiger partial charge in [-0.15, -0.1) is 0 Å². The highest BCUT2D eigenvalue weighted by Crippen LogP contribution is 2.26. The summed E-state index contributed by atoms with van der Waals surface area (Å²) >= 11 is 4.75. The first-order valence-corrected chi connectivity index (χ1v) is 7.30. The number of aliphatic hydroxyl groups excluding tert-OH is 1. The van der Waals surface area contributed by atoms with Crippen LogP contribution in [0.2, 0.25) is 0 Å². The normalized spacial score (nSPS) is 16.8. The molecule has 2 rings (SSSR count). The molecule has 0 amide bonds. The number of aliphatic hydroxyl groups is 1. The van der Waals surface area contributed by atoms with Crippen LogP contribution in [-0.2, 0) is 0 Å². The molecule has 1 heterocycles. The van der Waals surface area contributed by atoms with E-state index in [4.69, 9.17) is 23.1 Å². The number of hydrogen-bond acceptors (Lipinski definition) is 4. The van der Waals surface area contributed by atoms with Gasteiger partial charge in [0.25, 0.3) is 0 Å². The maximum absolute atomic E-state index is 14.2. The van der Waals surface area contributed by atoms with Gasteiger partial charge in [-0.05, 0) is 25.1 Å². The maximum atomic E-state index is 14.2. The highest BCUT2D eigenvalue weighted by molar-refractivity contribution is 7.80. The van der Waals surface area contributed by atoms with Gasteiger partial charge in [0.05, 0.1) is 6.61 Å². The third-order valence-electron chi connectivity index (χ3n) is 3.62. The number of thiocarbonyl (C=S) groups is 1. The van der Waals surface area contributed by atoms with Crippen molar-refractivity contribution in [3.8, 4) is 0 Å². The van der Waals surface area contributed by atoms with Crippen molar-refractivity contribution in [1.82, 2.24) is 4.90 Å². The Bertz CT molecular complexity index is 504. The van der Waals surface area contributed by atoms with E-state index in [0.29, 0.717) is 26.2 Å². The lowest BCUT2D eigenvalue weighted by Crippen LogP contribution is -2.33. The van der Waals surface area contributed by atoms with Gasteiger partial charge < -0.3 is 15.7 Å². The Kier molecular flexibility index (Phi) is 5.44. The molecule has 1 aliphatic heterocycles. The summed E-state index contributed by atoms with van der Waals surface area (Å²) in [6.45, 7) is 3.23. The van der Waals surface area contributed by atoms with Gasteiger partial charge in [-0.2, -0.15) is 0 Å². The Hall–Kier alpha value is -1.31. The van der Waals surface area contributed by atoms with Gasteiger partial charge in [-0.25, -0.2) is 8.78 Å². The summed E-state index contributed by atoms with van der Waals surface area (Å²) in [5.74, 6) is -1.29. The predicted molar refractivity (Wildman–Crippen MR) is 82.6 cm³/mol. The van der Waals surface area contributed by atoms with Gasteiger partial charge in [0.15, 0.2) is 0 Å². The molecule has 0 aliphatic carbocycles. The zero-order valence-corrected chi connectivity index (χ0v) is 12.5. The number of hydrogen-bond donors (Lipinski definition) is 2. The minimum absolute atomic E-state index is 0.0238. The largest absolute Gasteiger partial charge is 0.395 e. The SMILES string of the molecule is NC(=S)c1cc(F)c(N2CCCN(CCO)CC2)c(F)c1. The standard InChI is InChI=1S/C14H19F2N3OS/c15-11-8-10(14(17)21)9-12(16)13(11)19-3-1-2-18(4-5-19)6-7-20/h8-9,20H,1-7H2,(H2,17,21). The fourth-order valence-corrected chi connectivity index (χ4v) is 2.69. The van der Waals surface area contributed by atoms with Crippen molar-refractivity contribution in [2.45, 2.75) is 6.42 Å². The summed E-state index contributed by atoms with van der Waals surface area (Å²) in [5.41, 5.74) is 5.58. The van der Waals surface area contributed by atoms with Crippen LogP contribution in [0, 0.1) is 11.6 Å². The van der Waals surface area contributed by atoms with E-state index in [1.807, 2.05) is 0 Å². The molecular formula is C14H19F2N3OS. The molecule has 0 radical (unpaired) electrons. The van der Waals surface area contributed by atoms with Gasteiger partial charge in [0.1, 0.15) is 22.3 Å². The van der Waals surface area contributed by atoms with Crippen LogP contribution < -0.4 is 10.6 Å². The molecule has 1 aromatic rings. The molecule has 0 saturated carbocycles. The zero-order chi connectivity index (χ0) is 15.4. The van der Waals surface area contributed by atoms with Crippen LogP contribution >= 0.6 is 12.2 Å². The van der Waals surface area contributed by atoms with Crippen LogP contribution in [0.5, 0.6) is 0 Å². The van der Waals surface area contributed by atoms with E-state index in [0.717, 1.165) is 13.0 Å². The molecule has 1 saturated heterocycles. The highest BCUT2D eigenvalue weighted by Gasteiger charge is 2.21. The van der Waals surface area contributed by atoms with Crippen molar-refractivity contribution in [3.05, 3.63) is 29.3 Å². The number of benzene rings is 1. The van der Waals surface area contributed by atoms with E-state index >= 15 is 0 Å². The van der Waals surface area contributed by atoms with Gasteiger partial charge in [-0.1, -0.05) is 12.2 Å². The van der Waals surface area contributed by atoms with Crippen molar-refractivity contribution < 1.29 is 13.9 Å². The molecule has 21 heavy (non-hydrogen) atoms. The summed E-state index contributed by atoms with van der Waals surface area (Å²) in [4.78, 5) is 3.76. The number of rotatable bonds is 4. The van der Waals surface area contributed by atoms with Crippen molar-refractivity contribution >= 4 is 22.9 Å². The average Bonchev–Trinajstić information content (AvgIpc) is 2.64. The number of β-amino-alcohol motifs (C(OH)–C–C–N with tert-alkyl or cyclic N) is 1. The second kappa shape index (κ2) is 7.11. The predicted octanol–water partition coefficient (Wildman–Crippen LogP) is 1.10. The summed E-state index contributed by atoms with van der Waals surface area (Å²) in [5, 5.41) is 8.96. The third kappa shape index (κ3) is 3.87. The average molecular weight is 315 g/mol. The minimum atomic E-state index is -0.645. The topological polar surface area (TPSA) is 52.7 Å². The van der Waals surface area contributed by atoms with Gasteiger partial charge in [0, 0.05) is 31.7 Å². The molecule has 4 nitrogen and oxygen atoms in total. The lowest BCUT2D eigenvalue weighted by molar-refractivity contribution is 0.204. The quantitative estimate of drug-likeness (QED) is 0.815. The highest BCUT2D eigenvalue weighted by atomic mass is 32.1. The Labute approximate surface area is 128 Å². The molecule has 0 spiro atoms. The van der Waals surface area contributed by atoms with E-state index < -0.39 is 11.6 Å². The molecule has 3 N–H and O–H groups in total. The second-order valence-electron chi connectivity index (χ2n) is 5.06. The first kappa shape index (κ1) is 16.1. The molecule has 1 aliphatic rings. The monoisotopic (exact) mass is 315 g/mol. The molecule has 1 fully saturated rings. The molecule has 116 valence electrons. The van der Waals surface area contributed by atoms with E-state index in [1.54, 1.807) is 4.90 Å². The number of nitrogens with two attached hydrogens (primary N) is 1. The van der Waals surface area contributed by atoms with Gasteiger partial charge in [-0.3, -0.25) is 4.90 Å². The van der Waals surface area contributed by atoms with Crippen molar-refractivity contribution in [2.24, 2.45) is 5.73 Å². The molecule has 0 bridgehead atoms. The van der Waals surface area contributed by atoms with E-state index in [-0.39, 0.29) is 22.8 Å². The maximum Gasteiger partial charge on any atom is 0.150 e. The summed E-state index contributed by atoms with van der Waals surface area (Å²) in [7, 11) is 0. The van der Waals surface area contributed by atoms with E-state index in [2.05, 4.69) is 4.90 Å². The van der Waals surface area contributed by atoms with Crippen molar-refractivity contribution in [1.29, 1.82) is 0 Å². The first-order chi connectivity index (χ1) is 10.0. The van der Waals surface area contributed by atoms with Crippen LogP contribution in [-0.4, -0.2) is 54.3 Å². The molecule has 1 aromatic carbocycles. The fourth-order valence-electron chi connectivity index (χ4n) is 2.57. The van der Waals surface area contributed by atoms with E-state index in [9.17, 15) is 8.78 Å². The summed E-state index contributed by atoms with van der Waals surface area (Å²) in [6.07, 6.45) is 0.788. The van der Waals surface area contributed by atoms with E-state index in [1.165, 1.54) is 12.1 Å². The Morgan fingerprint density at radius 2 is 1.86 bits per heavy atom. The molecular weight excluding hydrogens is 296 g/mol. The van der Waals surface area contributed by atoms with Crippen molar-refractivity contribution in [2.75, 3.05) is 44.2 Å². The van der Waals surface area contributed by atoms with Crippen molar-refractivity contribution in [3.63, 3.8) is 0 Å². The fraction of sp³-hybridized carbons (Fsp3) is 0.500. The lowest BCUT2D eigenvalue weighted by atomic mass is 10.1. The van der Waals surface area contributed by atoms with Gasteiger partial charge >= 0.3 is 0 Å². The Morgan fingerprint density at radius 3 is 2.43 bits per heavy atom. The number of halogens is 2. The van der Waals surface area contributed by atoms with Gasteiger partial charge in [0.2, 0.25) is 0 Å². The summed E-state index contributed by atoms with van der Waals surface area (Å²) < 4.78 is 28.4. The third-order valence-corrected chi connectivity index (χ3v) is 3.86. The Morgan fingerprint density at radius 1 is 1.19 bits per heavy atom. The minimum Gasteiger partial charge on any atom is -0.395 e. The smallest absolute Gasteiger partial charge is 0.150 e. The molecule has 7 heteroatoms. The number of nitrogens with zero attached hydrogens (tertiary/aromatic N) is 2. The second-order valence-corrected chi connectivity index (χ2v) is 5.50. The Balaban J connectivity index is 2.20. The van der Waals surface area contributed by atoms with Crippen LogP contribution in [0.25, 0.3) is 0 Å². The summed E-state index contributed by atoms with van der Waals surface area (Å²) in [6, 6.07) is 2.36. The number of anilines is 1. The van der Waals surface area contributed by atoms with Crippen LogP contribution in [0.1, 0.15) is 12.0 Å². The first-order valence-electron chi connectivity index (χ1n) is 6.90. The molecule has 0 unspecified atom stereocenters. The van der Waals surface area contributed by atoms with Crippen LogP contribution in [0.4, 0.5) is 14.5 Å². The zero-order valence-electron chi connectivity index (χ0n) is 11.7. The lowest BCUT2D eigenvalue weighted by Gasteiger charge is -2.24. The van der Waals surface area contributed by atoms with Crippen LogP contribution in [0.15, 0.2) is 12.1 Å².